The standard InChI is InChI=1S/C18H20N4O4/c1-4-9-21-17(23)12-6-8-15(19)20-16(12)22(18(21)24)13-10-11(25-2)5-7-14(13)26-3/h5-8,10H,4,9H2,1-3H3,(H2,19,20). The van der Waals surface area contributed by atoms with Gasteiger partial charge in [-0.3, -0.25) is 9.36 Å². The van der Waals surface area contributed by atoms with Crippen molar-refractivity contribution in [3.8, 4) is 17.2 Å². The number of methoxy groups -OCH3 is 2. The molecule has 0 spiro atoms. The largest absolute Gasteiger partial charge is 0.497 e. The normalized spacial score (nSPS) is 10.9. The number of nitrogens with zero attached hydrogens (tertiary/aromatic N) is 3. The number of rotatable bonds is 5. The highest BCUT2D eigenvalue weighted by atomic mass is 16.5. The molecule has 0 aliphatic carbocycles. The second-order valence-corrected chi connectivity index (χ2v) is 5.72. The summed E-state index contributed by atoms with van der Waals surface area (Å²) in [5.74, 6) is 1.19. The number of ether oxygens (including phenoxy) is 2. The molecule has 8 heteroatoms. The van der Waals surface area contributed by atoms with Gasteiger partial charge in [0.05, 0.1) is 25.3 Å². The average molecular weight is 356 g/mol. The third-order valence-electron chi connectivity index (χ3n) is 4.08. The highest BCUT2D eigenvalue weighted by Gasteiger charge is 2.18. The van der Waals surface area contributed by atoms with E-state index in [0.717, 1.165) is 0 Å². The first-order chi connectivity index (χ1) is 12.5. The first-order valence-corrected chi connectivity index (χ1v) is 8.16. The summed E-state index contributed by atoms with van der Waals surface area (Å²) in [5.41, 5.74) is 5.51. The SMILES string of the molecule is CCCn1c(=O)c2ccc(N)nc2n(-c2cc(OC)ccc2OC)c1=O. The van der Waals surface area contributed by atoms with E-state index in [2.05, 4.69) is 4.98 Å². The molecule has 0 amide bonds. The molecule has 26 heavy (non-hydrogen) atoms. The molecule has 0 radical (unpaired) electrons. The third kappa shape index (κ3) is 2.79. The highest BCUT2D eigenvalue weighted by molar-refractivity contribution is 5.78. The van der Waals surface area contributed by atoms with Gasteiger partial charge >= 0.3 is 5.69 Å². The van der Waals surface area contributed by atoms with Crippen LogP contribution in [0.25, 0.3) is 16.7 Å². The maximum Gasteiger partial charge on any atom is 0.337 e. The molecule has 1 aromatic carbocycles. The zero-order chi connectivity index (χ0) is 18.8. The molecular weight excluding hydrogens is 336 g/mol. The van der Waals surface area contributed by atoms with Crippen LogP contribution < -0.4 is 26.5 Å². The van der Waals surface area contributed by atoms with Gasteiger partial charge in [-0.05, 0) is 30.7 Å². The summed E-state index contributed by atoms with van der Waals surface area (Å²) in [7, 11) is 3.03. The van der Waals surface area contributed by atoms with E-state index in [4.69, 9.17) is 15.2 Å². The molecule has 3 aromatic rings. The first kappa shape index (κ1) is 17.5. The Hall–Kier alpha value is -3.29. The topological polar surface area (TPSA) is 101 Å². The minimum atomic E-state index is -0.506. The second-order valence-electron chi connectivity index (χ2n) is 5.72. The van der Waals surface area contributed by atoms with Crippen molar-refractivity contribution < 1.29 is 9.47 Å². The maximum atomic E-state index is 13.1. The van der Waals surface area contributed by atoms with Crippen LogP contribution in [0.3, 0.4) is 0 Å². The number of fused-ring (bicyclic) bond motifs is 1. The van der Waals surface area contributed by atoms with Crippen molar-refractivity contribution >= 4 is 16.9 Å². The molecule has 0 unspecified atom stereocenters. The van der Waals surface area contributed by atoms with E-state index in [0.29, 0.717) is 35.5 Å². The van der Waals surface area contributed by atoms with E-state index in [1.54, 1.807) is 24.3 Å². The smallest absolute Gasteiger partial charge is 0.337 e. The molecule has 0 saturated heterocycles. The molecule has 0 aliphatic heterocycles. The summed E-state index contributed by atoms with van der Waals surface area (Å²) in [6.45, 7) is 2.19. The van der Waals surface area contributed by atoms with Crippen LogP contribution in [-0.4, -0.2) is 28.3 Å². The van der Waals surface area contributed by atoms with Crippen LogP contribution in [0.4, 0.5) is 5.82 Å². The van der Waals surface area contributed by atoms with E-state index < -0.39 is 11.2 Å². The monoisotopic (exact) mass is 356 g/mol. The predicted octanol–water partition coefficient (Wildman–Crippen LogP) is 1.56. The van der Waals surface area contributed by atoms with Crippen molar-refractivity contribution in [1.82, 2.24) is 14.1 Å². The Morgan fingerprint density at radius 2 is 1.88 bits per heavy atom. The molecular formula is C18H20N4O4. The van der Waals surface area contributed by atoms with Crippen LogP contribution in [-0.2, 0) is 6.54 Å². The summed E-state index contributed by atoms with van der Waals surface area (Å²) in [6, 6.07) is 8.19. The van der Waals surface area contributed by atoms with E-state index >= 15 is 0 Å². The Kier molecular flexibility index (Phi) is 4.66. The fourth-order valence-electron chi connectivity index (χ4n) is 2.85. The van der Waals surface area contributed by atoms with Gasteiger partial charge in [0.1, 0.15) is 17.3 Å². The number of benzene rings is 1. The zero-order valence-corrected chi connectivity index (χ0v) is 14.9. The quantitative estimate of drug-likeness (QED) is 0.744. The van der Waals surface area contributed by atoms with Crippen LogP contribution in [0.1, 0.15) is 13.3 Å². The van der Waals surface area contributed by atoms with Crippen molar-refractivity contribution in [2.24, 2.45) is 0 Å². The number of pyridine rings is 1. The molecule has 8 nitrogen and oxygen atoms in total. The van der Waals surface area contributed by atoms with Crippen molar-refractivity contribution in [2.75, 3.05) is 20.0 Å². The lowest BCUT2D eigenvalue weighted by Crippen LogP contribution is -2.40. The van der Waals surface area contributed by atoms with Gasteiger partial charge < -0.3 is 15.2 Å². The van der Waals surface area contributed by atoms with E-state index in [-0.39, 0.29) is 11.5 Å². The summed E-state index contributed by atoms with van der Waals surface area (Å²) >= 11 is 0. The zero-order valence-electron chi connectivity index (χ0n) is 14.9. The van der Waals surface area contributed by atoms with Crippen molar-refractivity contribution in [3.05, 3.63) is 51.2 Å². The Balaban J connectivity index is 2.52. The van der Waals surface area contributed by atoms with Crippen LogP contribution in [0.2, 0.25) is 0 Å². The van der Waals surface area contributed by atoms with Gasteiger partial charge in [0.15, 0.2) is 5.65 Å². The second kappa shape index (κ2) is 6.91. The third-order valence-corrected chi connectivity index (χ3v) is 4.08. The van der Waals surface area contributed by atoms with Crippen molar-refractivity contribution in [2.45, 2.75) is 19.9 Å². The number of hydrogen-bond acceptors (Lipinski definition) is 6. The Bertz CT molecular complexity index is 1080. The molecule has 0 atom stereocenters. The Morgan fingerprint density at radius 3 is 2.54 bits per heavy atom. The van der Waals surface area contributed by atoms with Gasteiger partial charge in [0.2, 0.25) is 0 Å². The molecule has 2 N–H and O–H groups in total. The Labute approximate surface area is 149 Å². The van der Waals surface area contributed by atoms with Crippen molar-refractivity contribution in [3.63, 3.8) is 0 Å². The van der Waals surface area contributed by atoms with Crippen LogP contribution in [0.5, 0.6) is 11.5 Å². The van der Waals surface area contributed by atoms with Crippen LogP contribution in [0.15, 0.2) is 39.9 Å². The molecule has 0 bridgehead atoms. The lowest BCUT2D eigenvalue weighted by Gasteiger charge is -2.16. The molecule has 136 valence electrons. The molecule has 2 aromatic heterocycles. The number of nitrogen functional groups attached to an aromatic ring is 1. The summed E-state index contributed by atoms with van der Waals surface area (Å²) < 4.78 is 13.2. The van der Waals surface area contributed by atoms with E-state index in [1.807, 2.05) is 6.92 Å². The van der Waals surface area contributed by atoms with Gasteiger partial charge in [0.25, 0.3) is 5.56 Å². The first-order valence-electron chi connectivity index (χ1n) is 8.16. The molecule has 2 heterocycles. The van der Waals surface area contributed by atoms with Gasteiger partial charge in [-0.25, -0.2) is 14.3 Å². The van der Waals surface area contributed by atoms with Gasteiger partial charge in [0, 0.05) is 12.6 Å². The summed E-state index contributed by atoms with van der Waals surface area (Å²) in [5, 5.41) is 0.303. The van der Waals surface area contributed by atoms with Crippen molar-refractivity contribution in [1.29, 1.82) is 0 Å². The lowest BCUT2D eigenvalue weighted by atomic mass is 10.2. The summed E-state index contributed by atoms with van der Waals surface area (Å²) in [6.07, 6.45) is 0.637. The van der Waals surface area contributed by atoms with E-state index in [9.17, 15) is 9.59 Å². The van der Waals surface area contributed by atoms with Crippen LogP contribution in [0, 0.1) is 0 Å². The van der Waals surface area contributed by atoms with Gasteiger partial charge in [-0.1, -0.05) is 6.92 Å². The number of nitrogens with two attached hydrogens (primary N) is 1. The summed E-state index contributed by atoms with van der Waals surface area (Å²) in [4.78, 5) is 30.1. The minimum absolute atomic E-state index is 0.180. The van der Waals surface area contributed by atoms with Gasteiger partial charge in [-0.15, -0.1) is 0 Å². The number of aromatic nitrogens is 3. The Morgan fingerprint density at radius 1 is 1.12 bits per heavy atom. The van der Waals surface area contributed by atoms with E-state index in [1.165, 1.54) is 29.4 Å². The highest BCUT2D eigenvalue weighted by Crippen LogP contribution is 2.28. The van der Waals surface area contributed by atoms with Gasteiger partial charge in [-0.2, -0.15) is 0 Å². The number of hydrogen-bond donors (Lipinski definition) is 1. The van der Waals surface area contributed by atoms with Crippen LogP contribution >= 0.6 is 0 Å². The fourth-order valence-corrected chi connectivity index (χ4v) is 2.85. The minimum Gasteiger partial charge on any atom is -0.497 e. The maximum absolute atomic E-state index is 13.1. The molecule has 0 saturated carbocycles. The lowest BCUT2D eigenvalue weighted by molar-refractivity contribution is 0.401. The molecule has 3 rings (SSSR count). The predicted molar refractivity (Wildman–Crippen MR) is 99.4 cm³/mol. The number of anilines is 1. The molecule has 0 aliphatic rings. The molecule has 0 fully saturated rings. The average Bonchev–Trinajstić information content (AvgIpc) is 2.65. The fraction of sp³-hybridized carbons (Fsp3) is 0.278.